The van der Waals surface area contributed by atoms with Crippen molar-refractivity contribution in [2.75, 3.05) is 13.2 Å². The van der Waals surface area contributed by atoms with E-state index in [1.54, 1.807) is 4.90 Å². The number of benzene rings is 1. The van der Waals surface area contributed by atoms with Gasteiger partial charge >= 0.3 is 0 Å². The lowest BCUT2D eigenvalue weighted by Crippen LogP contribution is -2.30. The smallest absolute Gasteiger partial charge is 0.255 e. The highest BCUT2D eigenvalue weighted by atomic mass is 19.1. The summed E-state index contributed by atoms with van der Waals surface area (Å²) >= 11 is 0. The van der Waals surface area contributed by atoms with Crippen molar-refractivity contribution in [1.29, 1.82) is 0 Å². The first-order chi connectivity index (χ1) is 8.70. The van der Waals surface area contributed by atoms with Gasteiger partial charge < -0.3 is 4.90 Å². The zero-order valence-electron chi connectivity index (χ0n) is 11.7. The summed E-state index contributed by atoms with van der Waals surface area (Å²) in [6.07, 6.45) is 0.836. The molecule has 1 heterocycles. The van der Waals surface area contributed by atoms with Gasteiger partial charge in [0.15, 0.2) is 0 Å². The molecule has 0 radical (unpaired) electrons. The van der Waals surface area contributed by atoms with Crippen molar-refractivity contribution >= 4 is 5.91 Å². The Labute approximate surface area is 109 Å². The number of rotatable bonds is 3. The SMILES string of the molecule is CC.CCC1c2cccc(C)c2C(=O)N1CCF. The van der Waals surface area contributed by atoms with E-state index < -0.39 is 6.67 Å². The molecule has 100 valence electrons. The first-order valence-electron chi connectivity index (χ1n) is 6.67. The highest BCUT2D eigenvalue weighted by molar-refractivity contribution is 6.00. The van der Waals surface area contributed by atoms with Gasteiger partial charge in [0.2, 0.25) is 0 Å². The quantitative estimate of drug-likeness (QED) is 0.798. The Morgan fingerprint density at radius 2 is 2.00 bits per heavy atom. The monoisotopic (exact) mass is 251 g/mol. The van der Waals surface area contributed by atoms with Crippen LogP contribution in [0.2, 0.25) is 0 Å². The second kappa shape index (κ2) is 6.53. The van der Waals surface area contributed by atoms with Gasteiger partial charge in [0, 0.05) is 12.1 Å². The van der Waals surface area contributed by atoms with Crippen molar-refractivity contribution < 1.29 is 9.18 Å². The summed E-state index contributed by atoms with van der Waals surface area (Å²) in [5.74, 6) is -0.0161. The third-order valence-corrected chi connectivity index (χ3v) is 3.23. The van der Waals surface area contributed by atoms with Crippen LogP contribution < -0.4 is 0 Å². The van der Waals surface area contributed by atoms with Gasteiger partial charge in [-0.15, -0.1) is 0 Å². The van der Waals surface area contributed by atoms with E-state index in [1.807, 2.05) is 45.9 Å². The molecule has 1 aliphatic heterocycles. The van der Waals surface area contributed by atoms with Crippen LogP contribution in [0.25, 0.3) is 0 Å². The van der Waals surface area contributed by atoms with Crippen LogP contribution >= 0.6 is 0 Å². The minimum atomic E-state index is -0.477. The lowest BCUT2D eigenvalue weighted by molar-refractivity contribution is 0.0707. The molecule has 1 aromatic carbocycles. The van der Waals surface area contributed by atoms with Crippen LogP contribution in [0.1, 0.15) is 54.7 Å². The third-order valence-electron chi connectivity index (χ3n) is 3.23. The average molecular weight is 251 g/mol. The standard InChI is InChI=1S/C13H16FNO.C2H6/c1-3-11-10-6-4-5-9(2)12(10)13(16)15(11)8-7-14;1-2/h4-6,11H,3,7-8H2,1-2H3;1-2H3. The minimum Gasteiger partial charge on any atom is -0.329 e. The van der Waals surface area contributed by atoms with Crippen LogP contribution in [-0.2, 0) is 0 Å². The molecule has 1 aliphatic rings. The summed E-state index contributed by atoms with van der Waals surface area (Å²) in [5, 5.41) is 0. The maximum Gasteiger partial charge on any atom is 0.255 e. The van der Waals surface area contributed by atoms with Gasteiger partial charge in [0.1, 0.15) is 6.67 Å². The fourth-order valence-electron chi connectivity index (χ4n) is 2.50. The molecule has 0 aliphatic carbocycles. The van der Waals surface area contributed by atoms with Gasteiger partial charge in [-0.3, -0.25) is 4.79 Å². The Balaban J connectivity index is 0.000000771. The summed E-state index contributed by atoms with van der Waals surface area (Å²) in [6.45, 7) is 7.68. The number of fused-ring (bicyclic) bond motifs is 1. The van der Waals surface area contributed by atoms with Gasteiger partial charge in [-0.05, 0) is 24.5 Å². The maximum absolute atomic E-state index is 12.5. The Morgan fingerprint density at radius 3 is 2.56 bits per heavy atom. The fourth-order valence-corrected chi connectivity index (χ4v) is 2.50. The van der Waals surface area contributed by atoms with E-state index in [1.165, 1.54) is 0 Å². The number of halogens is 1. The molecule has 0 fully saturated rings. The Morgan fingerprint density at radius 1 is 1.33 bits per heavy atom. The van der Waals surface area contributed by atoms with Crippen molar-refractivity contribution in [3.63, 3.8) is 0 Å². The first kappa shape index (κ1) is 14.7. The number of carbonyl (C=O) groups is 1. The summed E-state index contributed by atoms with van der Waals surface area (Å²) in [5.41, 5.74) is 2.83. The largest absolute Gasteiger partial charge is 0.329 e. The molecule has 1 atom stereocenters. The number of amides is 1. The van der Waals surface area contributed by atoms with Gasteiger partial charge in [-0.2, -0.15) is 0 Å². The number of carbonyl (C=O) groups excluding carboxylic acids is 1. The molecular formula is C15H22FNO. The highest BCUT2D eigenvalue weighted by Crippen LogP contribution is 2.36. The summed E-state index contributed by atoms with van der Waals surface area (Å²) in [7, 11) is 0. The normalized spacial score (nSPS) is 17.3. The number of alkyl halides is 1. The zero-order chi connectivity index (χ0) is 13.7. The number of hydrogen-bond acceptors (Lipinski definition) is 1. The molecule has 0 saturated carbocycles. The molecule has 3 heteroatoms. The molecule has 0 saturated heterocycles. The molecule has 18 heavy (non-hydrogen) atoms. The van der Waals surface area contributed by atoms with E-state index in [2.05, 4.69) is 0 Å². The molecule has 2 nitrogen and oxygen atoms in total. The van der Waals surface area contributed by atoms with Gasteiger partial charge in [0.05, 0.1) is 6.04 Å². The third kappa shape index (κ3) is 2.40. The lowest BCUT2D eigenvalue weighted by Gasteiger charge is -2.22. The molecule has 1 aromatic rings. The van der Waals surface area contributed by atoms with E-state index in [0.29, 0.717) is 0 Å². The molecule has 0 bridgehead atoms. The zero-order valence-corrected chi connectivity index (χ0v) is 11.7. The van der Waals surface area contributed by atoms with E-state index in [4.69, 9.17) is 0 Å². The lowest BCUT2D eigenvalue weighted by atomic mass is 9.99. The van der Waals surface area contributed by atoms with Crippen LogP contribution in [0.5, 0.6) is 0 Å². The molecule has 1 amide bonds. The van der Waals surface area contributed by atoms with Crippen molar-refractivity contribution in [3.05, 3.63) is 34.9 Å². The number of aryl methyl sites for hydroxylation is 1. The fraction of sp³-hybridized carbons (Fsp3) is 0.533. The first-order valence-corrected chi connectivity index (χ1v) is 6.67. The van der Waals surface area contributed by atoms with Crippen LogP contribution in [-0.4, -0.2) is 24.0 Å². The van der Waals surface area contributed by atoms with E-state index in [-0.39, 0.29) is 18.5 Å². The van der Waals surface area contributed by atoms with E-state index in [9.17, 15) is 9.18 Å². The summed E-state index contributed by atoms with van der Waals surface area (Å²) in [6, 6.07) is 5.93. The second-order valence-corrected chi connectivity index (χ2v) is 4.15. The Kier molecular flexibility index (Phi) is 5.32. The second-order valence-electron chi connectivity index (χ2n) is 4.15. The predicted octanol–water partition coefficient (Wildman–Crippen LogP) is 3.90. The topological polar surface area (TPSA) is 20.3 Å². The number of nitrogens with zero attached hydrogens (tertiary/aromatic N) is 1. The molecule has 0 aromatic heterocycles. The molecule has 0 N–H and O–H groups in total. The van der Waals surface area contributed by atoms with Gasteiger partial charge in [-0.25, -0.2) is 4.39 Å². The maximum atomic E-state index is 12.5. The molecule has 0 spiro atoms. The van der Waals surface area contributed by atoms with Gasteiger partial charge in [0.25, 0.3) is 5.91 Å². The average Bonchev–Trinajstić information content (AvgIpc) is 2.67. The van der Waals surface area contributed by atoms with Crippen LogP contribution in [0.15, 0.2) is 18.2 Å². The van der Waals surface area contributed by atoms with Crippen LogP contribution in [0, 0.1) is 6.92 Å². The van der Waals surface area contributed by atoms with Gasteiger partial charge in [-0.1, -0.05) is 39.0 Å². The van der Waals surface area contributed by atoms with Crippen molar-refractivity contribution in [3.8, 4) is 0 Å². The number of hydrogen-bond donors (Lipinski definition) is 0. The Bertz CT molecular complexity index is 417. The van der Waals surface area contributed by atoms with Crippen LogP contribution in [0.3, 0.4) is 0 Å². The molecule has 2 rings (SSSR count). The summed E-state index contributed by atoms with van der Waals surface area (Å²) in [4.78, 5) is 13.8. The highest BCUT2D eigenvalue weighted by Gasteiger charge is 2.35. The van der Waals surface area contributed by atoms with E-state index >= 15 is 0 Å². The molecule has 1 unspecified atom stereocenters. The summed E-state index contributed by atoms with van der Waals surface area (Å²) < 4.78 is 12.5. The minimum absolute atomic E-state index is 0.0161. The molecular weight excluding hydrogens is 229 g/mol. The Hall–Kier alpha value is -1.38. The van der Waals surface area contributed by atoms with E-state index in [0.717, 1.165) is 23.1 Å². The van der Waals surface area contributed by atoms with Crippen LogP contribution in [0.4, 0.5) is 4.39 Å². The van der Waals surface area contributed by atoms with Crippen molar-refractivity contribution in [1.82, 2.24) is 4.90 Å². The van der Waals surface area contributed by atoms with Crippen molar-refractivity contribution in [2.45, 2.75) is 40.2 Å². The van der Waals surface area contributed by atoms with Crippen molar-refractivity contribution in [2.24, 2.45) is 0 Å². The predicted molar refractivity (Wildman–Crippen MR) is 72.6 cm³/mol.